The van der Waals surface area contributed by atoms with E-state index in [1.807, 2.05) is 42.6 Å². The average Bonchev–Trinajstić information content (AvgIpc) is 3.02. The number of hydrogen-bond acceptors (Lipinski definition) is 4. The summed E-state index contributed by atoms with van der Waals surface area (Å²) in [6.45, 7) is 0. The predicted octanol–water partition coefficient (Wildman–Crippen LogP) is 4.72. The Morgan fingerprint density at radius 1 is 1.27 bits per heavy atom. The molecule has 0 saturated heterocycles. The quantitative estimate of drug-likeness (QED) is 0.294. The standard InChI is InChI=1S/C18H13BrIN3O3/c1-21-18-17(23(24)25)16(12-6-9(19)2-5-15(12)26-18)13-8-22-14-4-3-10(20)7-11(13)14/h2-8,16,21-22H,1H3. The fraction of sp³-hybridized carbons (Fsp3) is 0.111. The molecule has 3 aromatic rings. The van der Waals surface area contributed by atoms with Gasteiger partial charge in [0.15, 0.2) is 0 Å². The normalized spacial score (nSPS) is 16.3. The van der Waals surface area contributed by atoms with Gasteiger partial charge in [-0.15, -0.1) is 0 Å². The Kier molecular flexibility index (Phi) is 4.39. The van der Waals surface area contributed by atoms with E-state index in [0.29, 0.717) is 5.75 Å². The number of aromatic amines is 1. The second-order valence-electron chi connectivity index (χ2n) is 5.87. The molecular weight excluding hydrogens is 513 g/mol. The van der Waals surface area contributed by atoms with Crippen molar-refractivity contribution in [1.82, 2.24) is 10.3 Å². The van der Waals surface area contributed by atoms with Crippen molar-refractivity contribution in [2.75, 3.05) is 7.05 Å². The van der Waals surface area contributed by atoms with Gasteiger partial charge in [-0.3, -0.25) is 10.1 Å². The second kappa shape index (κ2) is 6.58. The van der Waals surface area contributed by atoms with E-state index in [-0.39, 0.29) is 16.5 Å². The van der Waals surface area contributed by atoms with Crippen LogP contribution >= 0.6 is 38.5 Å². The van der Waals surface area contributed by atoms with Crippen LogP contribution in [0.3, 0.4) is 0 Å². The third-order valence-corrected chi connectivity index (χ3v) is 5.58. The average molecular weight is 526 g/mol. The van der Waals surface area contributed by atoms with Crippen LogP contribution in [0.1, 0.15) is 17.0 Å². The Hall–Kier alpha value is -2.07. The highest BCUT2D eigenvalue weighted by atomic mass is 127. The molecule has 6 nitrogen and oxygen atoms in total. The number of rotatable bonds is 3. The molecule has 2 N–H and O–H groups in total. The zero-order valence-electron chi connectivity index (χ0n) is 13.5. The Morgan fingerprint density at radius 2 is 2.08 bits per heavy atom. The maximum Gasteiger partial charge on any atom is 0.317 e. The number of nitro groups is 1. The molecule has 26 heavy (non-hydrogen) atoms. The van der Waals surface area contributed by atoms with Gasteiger partial charge in [-0.05, 0) is 64.6 Å². The van der Waals surface area contributed by atoms with Crippen molar-refractivity contribution in [3.05, 3.63) is 83.5 Å². The van der Waals surface area contributed by atoms with E-state index in [9.17, 15) is 10.1 Å². The number of fused-ring (bicyclic) bond motifs is 2. The highest BCUT2D eigenvalue weighted by Gasteiger charge is 2.40. The van der Waals surface area contributed by atoms with Gasteiger partial charge in [0, 0.05) is 37.8 Å². The zero-order chi connectivity index (χ0) is 18.4. The summed E-state index contributed by atoms with van der Waals surface area (Å²) in [7, 11) is 1.62. The van der Waals surface area contributed by atoms with E-state index >= 15 is 0 Å². The number of H-pyrrole nitrogens is 1. The lowest BCUT2D eigenvalue weighted by Crippen LogP contribution is -2.27. The zero-order valence-corrected chi connectivity index (χ0v) is 17.3. The molecule has 0 fully saturated rings. The minimum atomic E-state index is -0.555. The number of nitrogens with zero attached hydrogens (tertiary/aromatic N) is 1. The lowest BCUT2D eigenvalue weighted by atomic mass is 9.86. The predicted molar refractivity (Wildman–Crippen MR) is 111 cm³/mol. The summed E-state index contributed by atoms with van der Waals surface area (Å²) in [4.78, 5) is 14.8. The van der Waals surface area contributed by atoms with Crippen LogP contribution in [0.5, 0.6) is 5.75 Å². The molecule has 0 aliphatic carbocycles. The third-order valence-electron chi connectivity index (χ3n) is 4.41. The van der Waals surface area contributed by atoms with Gasteiger partial charge in [0.05, 0.1) is 4.92 Å². The molecule has 4 rings (SSSR count). The van der Waals surface area contributed by atoms with Crippen molar-refractivity contribution in [2.24, 2.45) is 0 Å². The van der Waals surface area contributed by atoms with Crippen LogP contribution in [0.2, 0.25) is 0 Å². The van der Waals surface area contributed by atoms with Crippen molar-refractivity contribution in [3.8, 4) is 5.75 Å². The number of ether oxygens (including phenoxy) is 1. The first kappa shape index (κ1) is 17.3. The molecule has 1 aliphatic heterocycles. The molecule has 1 aliphatic rings. The van der Waals surface area contributed by atoms with Crippen molar-refractivity contribution in [2.45, 2.75) is 5.92 Å². The number of benzene rings is 2. The molecule has 0 spiro atoms. The fourth-order valence-corrected chi connectivity index (χ4v) is 4.18. The lowest BCUT2D eigenvalue weighted by Gasteiger charge is -2.25. The first-order chi connectivity index (χ1) is 12.5. The molecule has 2 aromatic carbocycles. The number of nitrogens with one attached hydrogen (secondary N) is 2. The van der Waals surface area contributed by atoms with Crippen molar-refractivity contribution in [3.63, 3.8) is 0 Å². The first-order valence-electron chi connectivity index (χ1n) is 7.79. The summed E-state index contributed by atoms with van der Waals surface area (Å²) in [6, 6.07) is 11.6. The SMILES string of the molecule is CNC1=C([N+](=O)[O-])C(c2c[nH]c3ccc(I)cc23)c2cc(Br)ccc2O1. The maximum absolute atomic E-state index is 11.9. The molecule has 1 aromatic heterocycles. The summed E-state index contributed by atoms with van der Waals surface area (Å²) in [5.41, 5.74) is 2.54. The van der Waals surface area contributed by atoms with Crippen LogP contribution < -0.4 is 10.1 Å². The lowest BCUT2D eigenvalue weighted by molar-refractivity contribution is -0.432. The van der Waals surface area contributed by atoms with E-state index in [0.717, 1.165) is 30.1 Å². The van der Waals surface area contributed by atoms with Gasteiger partial charge in [0.2, 0.25) is 0 Å². The van der Waals surface area contributed by atoms with E-state index in [4.69, 9.17) is 4.74 Å². The molecule has 1 unspecified atom stereocenters. The van der Waals surface area contributed by atoms with Crippen LogP contribution in [-0.2, 0) is 0 Å². The monoisotopic (exact) mass is 525 g/mol. The minimum Gasteiger partial charge on any atom is -0.435 e. The van der Waals surface area contributed by atoms with Crippen LogP contribution in [0, 0.1) is 13.7 Å². The summed E-state index contributed by atoms with van der Waals surface area (Å²) >= 11 is 5.71. The summed E-state index contributed by atoms with van der Waals surface area (Å²) in [5.74, 6) is 0.212. The highest BCUT2D eigenvalue weighted by Crippen LogP contribution is 2.45. The third kappa shape index (κ3) is 2.77. The van der Waals surface area contributed by atoms with E-state index in [1.165, 1.54) is 0 Å². The van der Waals surface area contributed by atoms with Gasteiger partial charge >= 0.3 is 5.70 Å². The minimum absolute atomic E-state index is 0.00198. The Labute approximate surface area is 171 Å². The molecule has 0 amide bonds. The van der Waals surface area contributed by atoms with Crippen LogP contribution in [0.25, 0.3) is 10.9 Å². The Balaban J connectivity index is 2.04. The highest BCUT2D eigenvalue weighted by molar-refractivity contribution is 14.1. The molecule has 8 heteroatoms. The smallest absolute Gasteiger partial charge is 0.317 e. The maximum atomic E-state index is 11.9. The Morgan fingerprint density at radius 3 is 2.81 bits per heavy atom. The topological polar surface area (TPSA) is 80.2 Å². The number of allylic oxidation sites excluding steroid dienone is 1. The molecule has 0 bridgehead atoms. The van der Waals surface area contributed by atoms with Crippen molar-refractivity contribution < 1.29 is 9.66 Å². The van der Waals surface area contributed by atoms with E-state index < -0.39 is 5.92 Å². The van der Waals surface area contributed by atoms with Crippen molar-refractivity contribution >= 4 is 49.4 Å². The van der Waals surface area contributed by atoms with Gasteiger partial charge in [-0.2, -0.15) is 0 Å². The van der Waals surface area contributed by atoms with Gasteiger partial charge < -0.3 is 15.0 Å². The number of hydrogen-bond donors (Lipinski definition) is 2. The largest absolute Gasteiger partial charge is 0.435 e. The summed E-state index contributed by atoms with van der Waals surface area (Å²) in [6.07, 6.45) is 1.85. The molecular formula is C18H13BrIN3O3. The first-order valence-corrected chi connectivity index (χ1v) is 9.67. The molecule has 132 valence electrons. The fourth-order valence-electron chi connectivity index (χ4n) is 3.31. The van der Waals surface area contributed by atoms with Crippen LogP contribution in [0.4, 0.5) is 0 Å². The van der Waals surface area contributed by atoms with Crippen LogP contribution in [0.15, 0.2) is 58.6 Å². The second-order valence-corrected chi connectivity index (χ2v) is 8.03. The summed E-state index contributed by atoms with van der Waals surface area (Å²) in [5, 5.41) is 15.7. The number of halogens is 2. The van der Waals surface area contributed by atoms with E-state index in [2.05, 4.69) is 48.8 Å². The van der Waals surface area contributed by atoms with E-state index in [1.54, 1.807) is 7.05 Å². The molecule has 0 radical (unpaired) electrons. The summed E-state index contributed by atoms with van der Waals surface area (Å²) < 4.78 is 7.68. The van der Waals surface area contributed by atoms with Crippen LogP contribution in [-0.4, -0.2) is 17.0 Å². The van der Waals surface area contributed by atoms with Crippen molar-refractivity contribution in [1.29, 1.82) is 0 Å². The molecule has 1 atom stereocenters. The molecule has 2 heterocycles. The Bertz CT molecular complexity index is 1080. The van der Waals surface area contributed by atoms with Gasteiger partial charge in [-0.25, -0.2) is 0 Å². The van der Waals surface area contributed by atoms with Gasteiger partial charge in [0.1, 0.15) is 11.7 Å². The molecule has 0 saturated carbocycles. The van der Waals surface area contributed by atoms with Gasteiger partial charge in [0.25, 0.3) is 5.88 Å². The van der Waals surface area contributed by atoms with Gasteiger partial charge in [-0.1, -0.05) is 15.9 Å². The number of aromatic nitrogens is 1.